The maximum atomic E-state index is 14.0. The lowest BCUT2D eigenvalue weighted by Gasteiger charge is -2.24. The summed E-state index contributed by atoms with van der Waals surface area (Å²) in [5.41, 5.74) is 0.576. The lowest BCUT2D eigenvalue weighted by atomic mass is 10.1. The summed E-state index contributed by atoms with van der Waals surface area (Å²) >= 11 is 0.834. The number of carbonyl (C=O) groups is 1. The van der Waals surface area contributed by atoms with E-state index >= 15 is 0 Å². The average molecular weight is 522 g/mol. The van der Waals surface area contributed by atoms with Crippen molar-refractivity contribution >= 4 is 54.0 Å². The van der Waals surface area contributed by atoms with Gasteiger partial charge in [0, 0.05) is 16.3 Å². The Morgan fingerprint density at radius 2 is 1.44 bits per heavy atom. The molecule has 5 aromatic rings. The van der Waals surface area contributed by atoms with E-state index in [1.165, 1.54) is 56.7 Å². The Morgan fingerprint density at radius 3 is 2.06 bits per heavy atom. The van der Waals surface area contributed by atoms with Crippen LogP contribution in [0.5, 0.6) is 11.5 Å². The minimum Gasteiger partial charge on any atom is -0.497 e. The van der Waals surface area contributed by atoms with Crippen molar-refractivity contribution in [2.24, 2.45) is 0 Å². The molecule has 0 unspecified atom stereocenters. The molecular formula is C26H19NO7S2. The smallest absolute Gasteiger partial charge is 0.396 e. The molecule has 0 bridgehead atoms. The normalized spacial score (nSPS) is 11.5. The topological polar surface area (TPSA) is 103 Å². The van der Waals surface area contributed by atoms with Gasteiger partial charge in [0.25, 0.3) is 15.9 Å². The predicted octanol–water partition coefficient (Wildman–Crippen LogP) is 5.06. The number of sulfonamides is 1. The monoisotopic (exact) mass is 521 g/mol. The number of ether oxygens (including phenoxy) is 2. The van der Waals surface area contributed by atoms with Crippen molar-refractivity contribution in [2.45, 2.75) is 4.90 Å². The van der Waals surface area contributed by atoms with E-state index in [2.05, 4.69) is 0 Å². The first-order chi connectivity index (χ1) is 17.3. The summed E-state index contributed by atoms with van der Waals surface area (Å²) in [6, 6.07) is 20.3. The minimum atomic E-state index is -4.40. The maximum Gasteiger partial charge on any atom is 0.396 e. The minimum absolute atomic E-state index is 0.102. The Kier molecular flexibility index (Phi) is 5.99. The summed E-state index contributed by atoms with van der Waals surface area (Å²) in [5, 5.41) is 0.950. The van der Waals surface area contributed by atoms with Crippen molar-refractivity contribution in [3.63, 3.8) is 0 Å². The first kappa shape index (κ1) is 23.6. The van der Waals surface area contributed by atoms with Crippen LogP contribution in [0.1, 0.15) is 10.4 Å². The molecule has 1 heterocycles. The van der Waals surface area contributed by atoms with Crippen LogP contribution in [0, 0.1) is 0 Å². The zero-order valence-electron chi connectivity index (χ0n) is 19.1. The second-order valence-corrected chi connectivity index (χ2v) is 10.5. The van der Waals surface area contributed by atoms with Gasteiger partial charge in [0.2, 0.25) is 0 Å². The molecule has 0 saturated heterocycles. The van der Waals surface area contributed by atoms with Gasteiger partial charge in [-0.3, -0.25) is 4.79 Å². The van der Waals surface area contributed by atoms with E-state index in [9.17, 15) is 18.0 Å². The second kappa shape index (κ2) is 9.14. The second-order valence-electron chi connectivity index (χ2n) is 7.70. The first-order valence-corrected chi connectivity index (χ1v) is 12.9. The number of fused-ring (bicyclic) bond motifs is 3. The third-order valence-electron chi connectivity index (χ3n) is 5.66. The van der Waals surface area contributed by atoms with Gasteiger partial charge in [-0.25, -0.2) is 13.2 Å². The number of amides is 1. The molecule has 0 saturated carbocycles. The van der Waals surface area contributed by atoms with Crippen LogP contribution >= 0.6 is 11.3 Å². The van der Waals surface area contributed by atoms with Gasteiger partial charge < -0.3 is 13.9 Å². The van der Waals surface area contributed by atoms with Crippen LogP contribution < -0.4 is 18.7 Å². The number of nitrogens with zero attached hydrogens (tertiary/aromatic N) is 1. The Morgan fingerprint density at radius 1 is 0.861 bits per heavy atom. The van der Waals surface area contributed by atoms with E-state index in [0.717, 1.165) is 15.6 Å². The molecule has 1 amide bonds. The Balaban J connectivity index is 1.79. The third kappa shape index (κ3) is 4.00. The van der Waals surface area contributed by atoms with E-state index in [0.29, 0.717) is 32.6 Å². The van der Waals surface area contributed by atoms with Crippen LogP contribution in [0.4, 0.5) is 5.69 Å². The molecule has 4 aromatic carbocycles. The van der Waals surface area contributed by atoms with Gasteiger partial charge in [-0.15, -0.1) is 0 Å². The average Bonchev–Trinajstić information content (AvgIpc) is 3.29. The highest BCUT2D eigenvalue weighted by Crippen LogP contribution is 2.38. The molecule has 5 rings (SSSR count). The highest BCUT2D eigenvalue weighted by molar-refractivity contribution is 7.93. The quantitative estimate of drug-likeness (QED) is 0.308. The van der Waals surface area contributed by atoms with Gasteiger partial charge in [-0.1, -0.05) is 35.6 Å². The molecule has 0 N–H and O–H groups in total. The van der Waals surface area contributed by atoms with Crippen LogP contribution in [0.25, 0.3) is 21.1 Å². The highest BCUT2D eigenvalue weighted by Gasteiger charge is 2.34. The number of methoxy groups -OCH3 is 2. The fourth-order valence-corrected chi connectivity index (χ4v) is 6.04. The molecule has 8 nitrogen and oxygen atoms in total. The lowest BCUT2D eigenvalue weighted by Crippen LogP contribution is -2.37. The molecule has 0 radical (unpaired) electrons. The van der Waals surface area contributed by atoms with Crippen molar-refractivity contribution in [3.8, 4) is 11.5 Å². The van der Waals surface area contributed by atoms with E-state index in [4.69, 9.17) is 13.9 Å². The summed E-state index contributed by atoms with van der Waals surface area (Å²) < 4.78 is 44.9. The zero-order valence-corrected chi connectivity index (χ0v) is 20.8. The number of benzene rings is 4. The molecule has 10 heteroatoms. The first-order valence-electron chi connectivity index (χ1n) is 10.7. The molecule has 0 fully saturated rings. The van der Waals surface area contributed by atoms with Gasteiger partial charge in [-0.2, -0.15) is 4.31 Å². The largest absolute Gasteiger partial charge is 0.497 e. The molecule has 0 aliphatic carbocycles. The van der Waals surface area contributed by atoms with Gasteiger partial charge in [0.15, 0.2) is 5.58 Å². The number of hydrogen-bond donors (Lipinski definition) is 0. The molecule has 36 heavy (non-hydrogen) atoms. The van der Waals surface area contributed by atoms with Crippen molar-refractivity contribution in [3.05, 3.63) is 94.2 Å². The lowest BCUT2D eigenvalue weighted by molar-refractivity contribution is 0.101. The summed E-state index contributed by atoms with van der Waals surface area (Å²) in [4.78, 5) is 25.3. The van der Waals surface area contributed by atoms with Crippen LogP contribution in [0.15, 0.2) is 93.0 Å². The van der Waals surface area contributed by atoms with Gasteiger partial charge in [0.05, 0.1) is 29.5 Å². The van der Waals surface area contributed by atoms with E-state index in [1.54, 1.807) is 36.4 Å². The Bertz CT molecular complexity index is 1750. The number of rotatable bonds is 6. The zero-order chi connectivity index (χ0) is 25.4. The molecule has 0 spiro atoms. The van der Waals surface area contributed by atoms with Crippen molar-refractivity contribution in [1.29, 1.82) is 0 Å². The third-order valence-corrected chi connectivity index (χ3v) is 8.14. The number of anilines is 1. The molecule has 182 valence electrons. The fourth-order valence-electron chi connectivity index (χ4n) is 3.90. The molecule has 0 atom stereocenters. The molecular weight excluding hydrogens is 502 g/mol. The van der Waals surface area contributed by atoms with Gasteiger partial charge in [0.1, 0.15) is 11.5 Å². The SMILES string of the molecule is COc1ccc(C(=O)N(c2cc3sc(=O)oc3c3ccccc23)S(=O)(=O)c2ccc(OC)cc2)cc1. The Hall–Kier alpha value is -4.15. The Labute approximate surface area is 210 Å². The van der Waals surface area contributed by atoms with Crippen LogP contribution in [0.3, 0.4) is 0 Å². The molecule has 0 aliphatic rings. The van der Waals surface area contributed by atoms with Crippen LogP contribution in [-0.4, -0.2) is 28.5 Å². The van der Waals surface area contributed by atoms with E-state index in [-0.39, 0.29) is 16.1 Å². The summed E-state index contributed by atoms with van der Waals surface area (Å²) in [6.07, 6.45) is 0. The van der Waals surface area contributed by atoms with Crippen molar-refractivity contribution < 1.29 is 27.1 Å². The number of hydrogen-bond acceptors (Lipinski definition) is 8. The molecule has 1 aromatic heterocycles. The van der Waals surface area contributed by atoms with E-state index in [1.807, 2.05) is 0 Å². The van der Waals surface area contributed by atoms with E-state index < -0.39 is 20.9 Å². The maximum absolute atomic E-state index is 14.0. The van der Waals surface area contributed by atoms with Gasteiger partial charge >= 0.3 is 4.94 Å². The number of carbonyl (C=O) groups excluding carboxylic acids is 1. The fraction of sp³-hybridized carbons (Fsp3) is 0.0769. The standard InChI is InChI=1S/C26H19NO7S2/c1-32-17-9-7-16(8-10-17)25(28)27(36(30,31)19-13-11-18(33-2)12-14-19)22-15-23-24(34-26(29)35-23)21-6-4-3-5-20(21)22/h3-15H,1-2H3. The highest BCUT2D eigenvalue weighted by atomic mass is 32.2. The van der Waals surface area contributed by atoms with Gasteiger partial charge in [-0.05, 0) is 54.6 Å². The summed E-state index contributed by atoms with van der Waals surface area (Å²) in [5.74, 6) is 0.219. The van der Waals surface area contributed by atoms with Crippen molar-refractivity contribution in [1.82, 2.24) is 0 Å². The van der Waals surface area contributed by atoms with Crippen molar-refractivity contribution in [2.75, 3.05) is 18.5 Å². The van der Waals surface area contributed by atoms with Crippen LogP contribution in [0.2, 0.25) is 0 Å². The predicted molar refractivity (Wildman–Crippen MR) is 138 cm³/mol. The van der Waals surface area contributed by atoms with Crippen LogP contribution in [-0.2, 0) is 10.0 Å². The molecule has 0 aliphatic heterocycles. The summed E-state index contributed by atoms with van der Waals surface area (Å²) in [6.45, 7) is 0. The summed E-state index contributed by atoms with van der Waals surface area (Å²) in [7, 11) is -1.43.